The lowest BCUT2D eigenvalue weighted by Crippen LogP contribution is -2.26. The number of amides is 1. The van der Waals surface area contributed by atoms with Gasteiger partial charge in [-0.25, -0.2) is 0 Å². The van der Waals surface area contributed by atoms with Gasteiger partial charge in [-0.05, 0) is 44.2 Å². The summed E-state index contributed by atoms with van der Waals surface area (Å²) in [5, 5.41) is 3.94. The summed E-state index contributed by atoms with van der Waals surface area (Å²) in [6.07, 6.45) is 2.47. The highest BCUT2D eigenvalue weighted by atomic mass is 16.1. The van der Waals surface area contributed by atoms with Crippen LogP contribution in [0.3, 0.4) is 0 Å². The Morgan fingerprint density at radius 3 is 2.78 bits per heavy atom. The molecule has 2 heterocycles. The minimum absolute atomic E-state index is 0.0886. The van der Waals surface area contributed by atoms with Crippen molar-refractivity contribution in [1.29, 1.82) is 0 Å². The molecule has 0 aliphatic rings. The van der Waals surface area contributed by atoms with Crippen LogP contribution in [0.2, 0.25) is 0 Å². The van der Waals surface area contributed by atoms with E-state index >= 15 is 0 Å². The third-order valence-corrected chi connectivity index (χ3v) is 3.80. The molecule has 0 radical (unpaired) electrons. The van der Waals surface area contributed by atoms with Crippen molar-refractivity contribution < 1.29 is 4.79 Å². The second-order valence-electron chi connectivity index (χ2n) is 5.64. The van der Waals surface area contributed by atoms with E-state index in [1.807, 2.05) is 56.3 Å². The van der Waals surface area contributed by atoms with Crippen LogP contribution in [-0.2, 0) is 6.42 Å². The minimum Gasteiger partial charge on any atom is -0.352 e. The molecule has 116 valence electrons. The molecule has 0 unspecified atom stereocenters. The second-order valence-corrected chi connectivity index (χ2v) is 5.64. The van der Waals surface area contributed by atoms with Crippen molar-refractivity contribution in [3.63, 3.8) is 0 Å². The van der Waals surface area contributed by atoms with E-state index in [0.29, 0.717) is 18.5 Å². The molecule has 0 atom stereocenters. The van der Waals surface area contributed by atoms with Gasteiger partial charge in [0, 0.05) is 30.2 Å². The average molecular weight is 305 g/mol. The van der Waals surface area contributed by atoms with Gasteiger partial charge in [-0.2, -0.15) is 0 Å². The number of pyridine rings is 2. The summed E-state index contributed by atoms with van der Waals surface area (Å²) in [5.41, 5.74) is 4.42. The quantitative estimate of drug-likeness (QED) is 0.805. The number of hydrogen-bond acceptors (Lipinski definition) is 3. The molecule has 0 fully saturated rings. The Bertz CT molecular complexity index is 844. The van der Waals surface area contributed by atoms with Crippen LogP contribution in [0.4, 0.5) is 0 Å². The molecule has 0 saturated heterocycles. The molecule has 0 aliphatic carbocycles. The van der Waals surface area contributed by atoms with Crippen LogP contribution in [0.15, 0.2) is 48.7 Å². The van der Waals surface area contributed by atoms with Gasteiger partial charge in [0.05, 0.1) is 16.8 Å². The monoisotopic (exact) mass is 305 g/mol. The number of carbonyl (C=O) groups excluding carboxylic acids is 1. The highest BCUT2D eigenvalue weighted by molar-refractivity contribution is 5.98. The molecule has 0 spiro atoms. The number of nitrogens with one attached hydrogen (secondary N) is 1. The van der Waals surface area contributed by atoms with Gasteiger partial charge in [0.2, 0.25) is 0 Å². The summed E-state index contributed by atoms with van der Waals surface area (Å²) in [7, 11) is 0. The van der Waals surface area contributed by atoms with Gasteiger partial charge in [0.25, 0.3) is 5.91 Å². The average Bonchev–Trinajstić information content (AvgIpc) is 2.55. The van der Waals surface area contributed by atoms with E-state index in [2.05, 4.69) is 15.3 Å². The number of benzene rings is 1. The summed E-state index contributed by atoms with van der Waals surface area (Å²) in [6, 6.07) is 13.8. The van der Waals surface area contributed by atoms with Crippen molar-refractivity contribution in [2.45, 2.75) is 20.3 Å². The Morgan fingerprint density at radius 2 is 2.00 bits per heavy atom. The zero-order valence-electron chi connectivity index (χ0n) is 13.3. The molecule has 1 aromatic carbocycles. The van der Waals surface area contributed by atoms with Gasteiger partial charge in [0.15, 0.2) is 0 Å². The fourth-order valence-corrected chi connectivity index (χ4v) is 2.57. The van der Waals surface area contributed by atoms with Crippen molar-refractivity contribution in [2.24, 2.45) is 0 Å². The highest BCUT2D eigenvalue weighted by Crippen LogP contribution is 2.18. The molecule has 4 heteroatoms. The molecule has 0 bridgehead atoms. The van der Waals surface area contributed by atoms with Crippen LogP contribution in [0.25, 0.3) is 10.9 Å². The van der Waals surface area contributed by atoms with Crippen LogP contribution >= 0.6 is 0 Å². The minimum atomic E-state index is -0.0886. The lowest BCUT2D eigenvalue weighted by atomic mass is 10.1. The van der Waals surface area contributed by atoms with E-state index in [0.717, 1.165) is 27.9 Å². The van der Waals surface area contributed by atoms with E-state index in [-0.39, 0.29) is 5.91 Å². The lowest BCUT2D eigenvalue weighted by Gasteiger charge is -2.09. The van der Waals surface area contributed by atoms with Gasteiger partial charge in [0.1, 0.15) is 0 Å². The van der Waals surface area contributed by atoms with Crippen molar-refractivity contribution in [1.82, 2.24) is 15.3 Å². The Hall–Kier alpha value is -2.75. The zero-order valence-corrected chi connectivity index (χ0v) is 13.3. The highest BCUT2D eigenvalue weighted by Gasteiger charge is 2.11. The van der Waals surface area contributed by atoms with Crippen molar-refractivity contribution in [2.75, 3.05) is 6.54 Å². The van der Waals surface area contributed by atoms with E-state index in [1.165, 1.54) is 0 Å². The van der Waals surface area contributed by atoms with Gasteiger partial charge >= 0.3 is 0 Å². The number of hydrogen-bond donors (Lipinski definition) is 1. The molecule has 2 aromatic heterocycles. The third-order valence-electron chi connectivity index (χ3n) is 3.80. The van der Waals surface area contributed by atoms with Gasteiger partial charge in [-0.1, -0.05) is 17.7 Å². The molecule has 23 heavy (non-hydrogen) atoms. The first kappa shape index (κ1) is 15.2. The van der Waals surface area contributed by atoms with E-state index in [4.69, 9.17) is 0 Å². The maximum absolute atomic E-state index is 12.4. The van der Waals surface area contributed by atoms with Crippen LogP contribution in [-0.4, -0.2) is 22.4 Å². The molecule has 1 N–H and O–H groups in total. The van der Waals surface area contributed by atoms with Crippen LogP contribution in [0, 0.1) is 13.8 Å². The zero-order chi connectivity index (χ0) is 16.2. The van der Waals surface area contributed by atoms with Crippen molar-refractivity contribution in [3.8, 4) is 0 Å². The number of carbonyl (C=O) groups is 1. The lowest BCUT2D eigenvalue weighted by molar-refractivity contribution is 0.0953. The first-order valence-electron chi connectivity index (χ1n) is 7.69. The van der Waals surface area contributed by atoms with Gasteiger partial charge in [-0.15, -0.1) is 0 Å². The first-order valence-corrected chi connectivity index (χ1v) is 7.69. The van der Waals surface area contributed by atoms with Crippen LogP contribution in [0.5, 0.6) is 0 Å². The first-order chi connectivity index (χ1) is 11.1. The standard InChI is InChI=1S/C19H19N3O/c1-13-6-7-18-15(11-13)12-17(14(2)22-18)19(23)21-10-8-16-5-3-4-9-20-16/h3-7,9,11-12H,8,10H2,1-2H3,(H,21,23). The van der Waals surface area contributed by atoms with E-state index < -0.39 is 0 Å². The summed E-state index contributed by atoms with van der Waals surface area (Å²) >= 11 is 0. The number of rotatable bonds is 4. The van der Waals surface area contributed by atoms with E-state index in [9.17, 15) is 4.79 Å². The summed E-state index contributed by atoms with van der Waals surface area (Å²) in [6.45, 7) is 4.46. The Balaban J connectivity index is 1.74. The SMILES string of the molecule is Cc1ccc2nc(C)c(C(=O)NCCc3ccccn3)cc2c1. The molecule has 3 rings (SSSR count). The topological polar surface area (TPSA) is 54.9 Å². The predicted molar refractivity (Wildman–Crippen MR) is 91.5 cm³/mol. The molecular formula is C19H19N3O. The normalized spacial score (nSPS) is 10.7. The number of aryl methyl sites for hydroxylation is 2. The Morgan fingerprint density at radius 1 is 1.13 bits per heavy atom. The van der Waals surface area contributed by atoms with Crippen molar-refractivity contribution in [3.05, 3.63) is 71.2 Å². The van der Waals surface area contributed by atoms with Gasteiger partial charge < -0.3 is 5.32 Å². The molecular weight excluding hydrogens is 286 g/mol. The maximum Gasteiger partial charge on any atom is 0.253 e. The van der Waals surface area contributed by atoms with E-state index in [1.54, 1.807) is 6.20 Å². The van der Waals surface area contributed by atoms with Crippen LogP contribution in [0.1, 0.15) is 27.3 Å². The summed E-state index contributed by atoms with van der Waals surface area (Å²) in [5.74, 6) is -0.0886. The molecule has 3 aromatic rings. The van der Waals surface area contributed by atoms with Crippen molar-refractivity contribution >= 4 is 16.8 Å². The summed E-state index contributed by atoms with van der Waals surface area (Å²) in [4.78, 5) is 21.2. The molecule has 0 saturated carbocycles. The maximum atomic E-state index is 12.4. The fourth-order valence-electron chi connectivity index (χ4n) is 2.57. The molecule has 4 nitrogen and oxygen atoms in total. The number of nitrogens with zero attached hydrogens (tertiary/aromatic N) is 2. The number of fused-ring (bicyclic) bond motifs is 1. The predicted octanol–water partition coefficient (Wildman–Crippen LogP) is 3.22. The summed E-state index contributed by atoms with van der Waals surface area (Å²) < 4.78 is 0. The largest absolute Gasteiger partial charge is 0.352 e. The van der Waals surface area contributed by atoms with Crippen LogP contribution < -0.4 is 5.32 Å². The Kier molecular flexibility index (Phi) is 4.33. The smallest absolute Gasteiger partial charge is 0.253 e. The fraction of sp³-hybridized carbons (Fsp3) is 0.211. The van der Waals surface area contributed by atoms with Gasteiger partial charge in [-0.3, -0.25) is 14.8 Å². The Labute approximate surface area is 135 Å². The third kappa shape index (κ3) is 3.54. The molecule has 0 aliphatic heterocycles. The number of aromatic nitrogens is 2. The second kappa shape index (κ2) is 6.57. The molecule has 1 amide bonds.